The highest BCUT2D eigenvalue weighted by Gasteiger charge is 2.35. The molecule has 174 valence electrons. The van der Waals surface area contributed by atoms with Crippen LogP contribution in [0, 0.1) is 12.3 Å². The van der Waals surface area contributed by atoms with Crippen molar-refractivity contribution in [1.82, 2.24) is 9.80 Å². The van der Waals surface area contributed by atoms with Crippen LogP contribution in [-0.2, 0) is 27.4 Å². The van der Waals surface area contributed by atoms with Crippen molar-refractivity contribution >= 4 is 34.8 Å². The SMILES string of the molecule is Cc1ccsc1CN(Cc1ccccc1)C(=O)CN(CC1CCCO1)C(=O)C(C)(C)CCl. The van der Waals surface area contributed by atoms with E-state index in [-0.39, 0.29) is 30.3 Å². The summed E-state index contributed by atoms with van der Waals surface area (Å²) in [4.78, 5) is 31.5. The summed E-state index contributed by atoms with van der Waals surface area (Å²) in [5, 5.41) is 2.05. The molecule has 3 rings (SSSR count). The lowest BCUT2D eigenvalue weighted by Crippen LogP contribution is -2.49. The van der Waals surface area contributed by atoms with Crippen LogP contribution in [0.2, 0.25) is 0 Å². The maximum Gasteiger partial charge on any atom is 0.242 e. The third-order valence-electron chi connectivity index (χ3n) is 5.85. The summed E-state index contributed by atoms with van der Waals surface area (Å²) in [6, 6.07) is 12.0. The number of amides is 2. The Hall–Kier alpha value is -1.89. The lowest BCUT2D eigenvalue weighted by Gasteiger charge is -2.33. The van der Waals surface area contributed by atoms with E-state index in [0.29, 0.717) is 26.2 Å². The number of nitrogens with zero attached hydrogens (tertiary/aromatic N) is 2. The predicted octanol–water partition coefficient (Wildman–Crippen LogP) is 4.86. The molecule has 1 atom stereocenters. The van der Waals surface area contributed by atoms with Gasteiger partial charge in [-0.2, -0.15) is 0 Å². The van der Waals surface area contributed by atoms with E-state index in [1.807, 2.05) is 54.5 Å². The number of aryl methyl sites for hydroxylation is 1. The Morgan fingerprint density at radius 3 is 2.50 bits per heavy atom. The van der Waals surface area contributed by atoms with Crippen LogP contribution in [0.1, 0.15) is 42.7 Å². The van der Waals surface area contributed by atoms with Crippen molar-refractivity contribution < 1.29 is 14.3 Å². The second-order valence-corrected chi connectivity index (χ2v) is 10.4. The fourth-order valence-electron chi connectivity index (χ4n) is 3.78. The molecule has 0 aliphatic carbocycles. The lowest BCUT2D eigenvalue weighted by atomic mass is 9.94. The Morgan fingerprint density at radius 2 is 1.91 bits per heavy atom. The predicted molar refractivity (Wildman–Crippen MR) is 130 cm³/mol. The average Bonchev–Trinajstić information content (AvgIpc) is 3.44. The Balaban J connectivity index is 1.80. The number of halogens is 1. The van der Waals surface area contributed by atoms with Crippen LogP contribution in [0.3, 0.4) is 0 Å². The van der Waals surface area contributed by atoms with E-state index in [1.54, 1.807) is 16.2 Å². The van der Waals surface area contributed by atoms with Gasteiger partial charge in [0.15, 0.2) is 0 Å². The summed E-state index contributed by atoms with van der Waals surface area (Å²) >= 11 is 7.75. The van der Waals surface area contributed by atoms with E-state index >= 15 is 0 Å². The van der Waals surface area contributed by atoms with Crippen molar-refractivity contribution in [2.24, 2.45) is 5.41 Å². The minimum atomic E-state index is -0.741. The number of thiophene rings is 1. The van der Waals surface area contributed by atoms with E-state index in [4.69, 9.17) is 16.3 Å². The quantitative estimate of drug-likeness (QED) is 0.460. The van der Waals surface area contributed by atoms with Gasteiger partial charge in [-0.3, -0.25) is 9.59 Å². The van der Waals surface area contributed by atoms with Gasteiger partial charge in [-0.15, -0.1) is 22.9 Å². The Labute approximate surface area is 200 Å². The van der Waals surface area contributed by atoms with Gasteiger partial charge in [0.05, 0.1) is 24.6 Å². The number of benzene rings is 1. The number of rotatable bonds is 10. The highest BCUT2D eigenvalue weighted by atomic mass is 35.5. The minimum Gasteiger partial charge on any atom is -0.376 e. The van der Waals surface area contributed by atoms with Gasteiger partial charge < -0.3 is 14.5 Å². The highest BCUT2D eigenvalue weighted by molar-refractivity contribution is 7.10. The fraction of sp³-hybridized carbons (Fsp3) is 0.520. The molecule has 1 aliphatic heterocycles. The lowest BCUT2D eigenvalue weighted by molar-refractivity contribution is -0.147. The van der Waals surface area contributed by atoms with E-state index in [9.17, 15) is 9.59 Å². The standard InChI is InChI=1S/C25H33ClN2O3S/c1-19-11-13-32-22(19)16-27(14-20-8-5-4-6-9-20)23(29)17-28(15-21-10-7-12-31-21)24(30)25(2,3)18-26/h4-6,8-9,11,13,21H,7,10,12,14-18H2,1-3H3. The molecule has 0 bridgehead atoms. The van der Waals surface area contributed by atoms with Gasteiger partial charge in [-0.25, -0.2) is 0 Å². The number of carbonyl (C=O) groups is 2. The van der Waals surface area contributed by atoms with E-state index in [0.717, 1.165) is 23.3 Å². The summed E-state index contributed by atoms with van der Waals surface area (Å²) in [5.74, 6) is 0.0196. The molecule has 0 N–H and O–H groups in total. The van der Waals surface area contributed by atoms with Gasteiger partial charge in [-0.1, -0.05) is 30.3 Å². The summed E-state index contributed by atoms with van der Waals surface area (Å²) < 4.78 is 5.77. The van der Waals surface area contributed by atoms with Crippen molar-refractivity contribution in [3.05, 3.63) is 57.8 Å². The zero-order chi connectivity index (χ0) is 23.1. The first-order valence-corrected chi connectivity index (χ1v) is 12.5. The zero-order valence-electron chi connectivity index (χ0n) is 19.2. The minimum absolute atomic E-state index is 0.0241. The van der Waals surface area contributed by atoms with Crippen LogP contribution >= 0.6 is 22.9 Å². The molecule has 2 heterocycles. The molecular formula is C25H33ClN2O3S. The normalized spacial score (nSPS) is 16.2. The van der Waals surface area contributed by atoms with Gasteiger partial charge in [0.1, 0.15) is 0 Å². The second kappa shape index (κ2) is 11.3. The highest BCUT2D eigenvalue weighted by Crippen LogP contribution is 2.24. The van der Waals surface area contributed by atoms with Gasteiger partial charge in [0.25, 0.3) is 0 Å². The van der Waals surface area contributed by atoms with Crippen molar-refractivity contribution in [3.63, 3.8) is 0 Å². The van der Waals surface area contributed by atoms with Gasteiger partial charge in [-0.05, 0) is 56.2 Å². The Bertz CT molecular complexity index is 894. The third-order valence-corrected chi connectivity index (χ3v) is 7.52. The molecule has 1 aromatic carbocycles. The molecule has 0 spiro atoms. The Morgan fingerprint density at radius 1 is 1.16 bits per heavy atom. The average molecular weight is 477 g/mol. The number of hydrogen-bond donors (Lipinski definition) is 0. The molecule has 7 heteroatoms. The molecule has 32 heavy (non-hydrogen) atoms. The number of ether oxygens (including phenoxy) is 1. The largest absolute Gasteiger partial charge is 0.376 e. The second-order valence-electron chi connectivity index (χ2n) is 9.10. The number of hydrogen-bond acceptors (Lipinski definition) is 4. The first-order valence-electron chi connectivity index (χ1n) is 11.1. The first kappa shape index (κ1) is 24.7. The van der Waals surface area contributed by atoms with Gasteiger partial charge in [0, 0.05) is 30.5 Å². The number of carbonyl (C=O) groups excluding carboxylic acids is 2. The van der Waals surface area contributed by atoms with Crippen molar-refractivity contribution in [3.8, 4) is 0 Å². The van der Waals surface area contributed by atoms with Crippen LogP contribution in [0.4, 0.5) is 0 Å². The van der Waals surface area contributed by atoms with E-state index in [1.165, 1.54) is 5.56 Å². The molecule has 2 amide bonds. The van der Waals surface area contributed by atoms with Crippen LogP contribution in [0.15, 0.2) is 41.8 Å². The molecule has 1 fully saturated rings. The van der Waals surface area contributed by atoms with Crippen LogP contribution in [0.5, 0.6) is 0 Å². The Kier molecular flexibility index (Phi) is 8.74. The first-order chi connectivity index (χ1) is 15.3. The summed E-state index contributed by atoms with van der Waals surface area (Å²) in [7, 11) is 0. The summed E-state index contributed by atoms with van der Waals surface area (Å²) in [5.41, 5.74) is 1.50. The van der Waals surface area contributed by atoms with Crippen molar-refractivity contribution in [1.29, 1.82) is 0 Å². The molecule has 0 saturated carbocycles. The van der Waals surface area contributed by atoms with Crippen LogP contribution < -0.4 is 0 Å². The van der Waals surface area contributed by atoms with Crippen LogP contribution in [0.25, 0.3) is 0 Å². The molecule has 1 unspecified atom stereocenters. The maximum atomic E-state index is 13.6. The summed E-state index contributed by atoms with van der Waals surface area (Å²) in [6.07, 6.45) is 1.86. The van der Waals surface area contributed by atoms with Gasteiger partial charge in [0.2, 0.25) is 11.8 Å². The topological polar surface area (TPSA) is 49.9 Å². The van der Waals surface area contributed by atoms with Crippen molar-refractivity contribution in [2.45, 2.75) is 52.8 Å². The summed E-state index contributed by atoms with van der Waals surface area (Å²) in [6.45, 7) is 7.89. The van der Waals surface area contributed by atoms with Gasteiger partial charge >= 0.3 is 0 Å². The zero-order valence-corrected chi connectivity index (χ0v) is 20.8. The fourth-order valence-corrected chi connectivity index (χ4v) is 4.81. The van der Waals surface area contributed by atoms with Crippen molar-refractivity contribution in [2.75, 3.05) is 25.6 Å². The van der Waals surface area contributed by atoms with Crippen LogP contribution in [-0.4, -0.2) is 53.3 Å². The maximum absolute atomic E-state index is 13.6. The molecular weight excluding hydrogens is 444 g/mol. The third kappa shape index (κ3) is 6.56. The smallest absolute Gasteiger partial charge is 0.242 e. The van der Waals surface area contributed by atoms with E-state index in [2.05, 4.69) is 13.0 Å². The molecule has 1 saturated heterocycles. The molecule has 0 radical (unpaired) electrons. The molecule has 2 aromatic rings. The molecule has 1 aromatic heterocycles. The van der Waals surface area contributed by atoms with E-state index < -0.39 is 5.41 Å². The number of alkyl halides is 1. The molecule has 1 aliphatic rings. The monoisotopic (exact) mass is 476 g/mol. The molecule has 5 nitrogen and oxygen atoms in total.